The Morgan fingerprint density at radius 2 is 1.88 bits per heavy atom. The van der Waals surface area contributed by atoms with E-state index in [1.54, 1.807) is 0 Å². The molecule has 0 fully saturated rings. The van der Waals surface area contributed by atoms with Crippen molar-refractivity contribution in [1.29, 1.82) is 0 Å². The van der Waals surface area contributed by atoms with Crippen LogP contribution in [0, 0.1) is 0 Å². The number of esters is 1. The number of hydrogen-bond donors (Lipinski definition) is 0. The van der Waals surface area contributed by atoms with E-state index in [2.05, 4.69) is 0 Å². The Hall–Kier alpha value is -0.320. The SMILES string of the molecule is CC(C)(C)OC(=O)CSCCCCCC(F)F. The summed E-state index contributed by atoms with van der Waals surface area (Å²) in [5.74, 6) is 0.948. The Balaban J connectivity index is 3.31. The van der Waals surface area contributed by atoms with E-state index in [9.17, 15) is 13.6 Å². The van der Waals surface area contributed by atoms with Crippen molar-refractivity contribution in [3.8, 4) is 0 Å². The summed E-state index contributed by atoms with van der Waals surface area (Å²) in [6.45, 7) is 5.50. The van der Waals surface area contributed by atoms with E-state index in [0.717, 1.165) is 18.6 Å². The summed E-state index contributed by atoms with van der Waals surface area (Å²) in [5, 5.41) is 0. The number of unbranched alkanes of at least 4 members (excludes halogenated alkanes) is 2. The molecule has 0 heterocycles. The van der Waals surface area contributed by atoms with E-state index in [1.165, 1.54) is 11.8 Å². The average Bonchev–Trinajstić information content (AvgIpc) is 2.12. The van der Waals surface area contributed by atoms with Crippen LogP contribution in [0.4, 0.5) is 8.78 Å². The standard InChI is InChI=1S/C12H22F2O2S/c1-12(2,3)16-11(15)9-17-8-6-4-5-7-10(13)14/h10H,4-9H2,1-3H3. The third-order valence-electron chi connectivity index (χ3n) is 1.85. The van der Waals surface area contributed by atoms with Gasteiger partial charge in [-0.3, -0.25) is 4.79 Å². The Labute approximate surface area is 106 Å². The maximum Gasteiger partial charge on any atom is 0.316 e. The first-order valence-electron chi connectivity index (χ1n) is 5.89. The van der Waals surface area contributed by atoms with Gasteiger partial charge in [-0.1, -0.05) is 6.42 Å². The van der Waals surface area contributed by atoms with Crippen LogP contribution in [0.5, 0.6) is 0 Å². The third-order valence-corrected chi connectivity index (χ3v) is 2.87. The molecule has 2 nitrogen and oxygen atoms in total. The van der Waals surface area contributed by atoms with E-state index >= 15 is 0 Å². The first-order chi connectivity index (χ1) is 7.81. The largest absolute Gasteiger partial charge is 0.459 e. The van der Waals surface area contributed by atoms with Crippen molar-refractivity contribution in [2.45, 2.75) is 58.5 Å². The summed E-state index contributed by atoms with van der Waals surface area (Å²) >= 11 is 1.50. The zero-order valence-corrected chi connectivity index (χ0v) is 11.6. The van der Waals surface area contributed by atoms with Gasteiger partial charge in [0, 0.05) is 6.42 Å². The molecule has 0 radical (unpaired) electrons. The fourth-order valence-corrected chi connectivity index (χ4v) is 1.98. The van der Waals surface area contributed by atoms with Crippen molar-refractivity contribution in [1.82, 2.24) is 0 Å². The molecule has 0 aliphatic heterocycles. The highest BCUT2D eigenvalue weighted by molar-refractivity contribution is 7.99. The van der Waals surface area contributed by atoms with Gasteiger partial charge in [0.1, 0.15) is 5.60 Å². The van der Waals surface area contributed by atoms with E-state index in [4.69, 9.17) is 4.74 Å². The number of rotatable bonds is 8. The van der Waals surface area contributed by atoms with Gasteiger partial charge >= 0.3 is 5.97 Å². The molecule has 0 saturated heterocycles. The predicted molar refractivity (Wildman–Crippen MR) is 67.6 cm³/mol. The molecule has 0 spiro atoms. The van der Waals surface area contributed by atoms with Gasteiger partial charge in [-0.2, -0.15) is 11.8 Å². The second-order valence-corrected chi connectivity index (χ2v) is 5.98. The number of alkyl halides is 2. The van der Waals surface area contributed by atoms with Crippen molar-refractivity contribution in [3.63, 3.8) is 0 Å². The van der Waals surface area contributed by atoms with Crippen LogP contribution in [0.25, 0.3) is 0 Å². The topological polar surface area (TPSA) is 26.3 Å². The average molecular weight is 268 g/mol. The molecule has 0 aliphatic rings. The van der Waals surface area contributed by atoms with Gasteiger partial charge in [0.25, 0.3) is 0 Å². The quantitative estimate of drug-likeness (QED) is 0.493. The summed E-state index contributed by atoms with van der Waals surface area (Å²) in [4.78, 5) is 11.3. The van der Waals surface area contributed by atoms with Crippen LogP contribution >= 0.6 is 11.8 Å². The number of hydrogen-bond acceptors (Lipinski definition) is 3. The highest BCUT2D eigenvalue weighted by Crippen LogP contribution is 2.13. The molecule has 102 valence electrons. The van der Waals surface area contributed by atoms with Crippen LogP contribution in [0.15, 0.2) is 0 Å². The molecule has 0 atom stereocenters. The Morgan fingerprint density at radius 3 is 2.41 bits per heavy atom. The number of ether oxygens (including phenoxy) is 1. The van der Waals surface area contributed by atoms with Crippen LogP contribution < -0.4 is 0 Å². The molecule has 0 rings (SSSR count). The fraction of sp³-hybridized carbons (Fsp3) is 0.917. The van der Waals surface area contributed by atoms with Crippen molar-refractivity contribution in [2.24, 2.45) is 0 Å². The molecular formula is C12H22F2O2S. The zero-order valence-electron chi connectivity index (χ0n) is 10.8. The first kappa shape index (κ1) is 16.7. The van der Waals surface area contributed by atoms with Crippen LogP contribution in [0.1, 0.15) is 46.5 Å². The molecule has 0 aromatic rings. The number of carbonyl (C=O) groups is 1. The number of halogens is 2. The third kappa shape index (κ3) is 13.6. The number of carbonyl (C=O) groups excluding carboxylic acids is 1. The molecule has 0 N–H and O–H groups in total. The molecule has 0 aromatic heterocycles. The van der Waals surface area contributed by atoms with Crippen molar-refractivity contribution < 1.29 is 18.3 Å². The lowest BCUT2D eigenvalue weighted by atomic mass is 10.2. The monoisotopic (exact) mass is 268 g/mol. The summed E-state index contributed by atoms with van der Waals surface area (Å²) in [7, 11) is 0. The maximum atomic E-state index is 11.8. The molecule has 5 heteroatoms. The van der Waals surface area contributed by atoms with E-state index in [1.807, 2.05) is 20.8 Å². The summed E-state index contributed by atoms with van der Waals surface area (Å²) in [5.41, 5.74) is -0.436. The Kier molecular flexibility index (Phi) is 8.56. The van der Waals surface area contributed by atoms with Gasteiger partial charge in [0.15, 0.2) is 0 Å². The second kappa shape index (κ2) is 8.72. The van der Waals surface area contributed by atoms with Gasteiger partial charge in [-0.25, -0.2) is 8.78 Å². The molecule has 0 amide bonds. The smallest absolute Gasteiger partial charge is 0.316 e. The molecule has 17 heavy (non-hydrogen) atoms. The summed E-state index contributed by atoms with van der Waals surface area (Å²) in [6, 6.07) is 0. The first-order valence-corrected chi connectivity index (χ1v) is 7.04. The Bertz CT molecular complexity index is 215. The lowest BCUT2D eigenvalue weighted by molar-refractivity contribution is -0.151. The predicted octanol–water partition coefficient (Wildman–Crippen LogP) is 3.89. The summed E-state index contributed by atoms with van der Waals surface area (Å²) < 4.78 is 28.8. The molecule has 0 bridgehead atoms. The van der Waals surface area contributed by atoms with E-state index in [-0.39, 0.29) is 12.4 Å². The molecule has 0 aromatic carbocycles. The van der Waals surface area contributed by atoms with Gasteiger partial charge in [-0.05, 0) is 39.4 Å². The lowest BCUT2D eigenvalue weighted by Crippen LogP contribution is -2.25. The minimum atomic E-state index is -2.19. The minimum Gasteiger partial charge on any atom is -0.459 e. The molecule has 0 aliphatic carbocycles. The van der Waals surface area contributed by atoms with Crippen LogP contribution in [-0.4, -0.2) is 29.5 Å². The van der Waals surface area contributed by atoms with Crippen molar-refractivity contribution in [3.05, 3.63) is 0 Å². The molecule has 0 unspecified atom stereocenters. The van der Waals surface area contributed by atoms with Crippen molar-refractivity contribution in [2.75, 3.05) is 11.5 Å². The van der Waals surface area contributed by atoms with Gasteiger partial charge in [0.05, 0.1) is 5.75 Å². The van der Waals surface area contributed by atoms with Gasteiger partial charge in [-0.15, -0.1) is 0 Å². The fourth-order valence-electron chi connectivity index (χ4n) is 1.21. The maximum absolute atomic E-state index is 11.8. The lowest BCUT2D eigenvalue weighted by Gasteiger charge is -2.19. The summed E-state index contributed by atoms with van der Waals surface area (Å²) in [6.07, 6.45) is 0.0252. The zero-order chi connectivity index (χ0) is 13.3. The van der Waals surface area contributed by atoms with E-state index < -0.39 is 12.0 Å². The van der Waals surface area contributed by atoms with Crippen molar-refractivity contribution >= 4 is 17.7 Å². The van der Waals surface area contributed by atoms with Gasteiger partial charge in [0.2, 0.25) is 6.43 Å². The Morgan fingerprint density at radius 1 is 1.24 bits per heavy atom. The van der Waals surface area contributed by atoms with E-state index in [0.29, 0.717) is 12.2 Å². The minimum absolute atomic E-state index is 0.0171. The van der Waals surface area contributed by atoms with Crippen LogP contribution in [0.2, 0.25) is 0 Å². The second-order valence-electron chi connectivity index (χ2n) is 4.88. The van der Waals surface area contributed by atoms with Gasteiger partial charge < -0.3 is 4.74 Å². The van der Waals surface area contributed by atoms with Crippen LogP contribution in [-0.2, 0) is 9.53 Å². The number of thioether (sulfide) groups is 1. The molecular weight excluding hydrogens is 246 g/mol. The van der Waals surface area contributed by atoms with Crippen LogP contribution in [0.3, 0.4) is 0 Å². The normalized spacial score (nSPS) is 11.9. The highest BCUT2D eigenvalue weighted by atomic mass is 32.2. The molecule has 0 saturated carbocycles. The highest BCUT2D eigenvalue weighted by Gasteiger charge is 2.15.